The van der Waals surface area contributed by atoms with Gasteiger partial charge in [0.15, 0.2) is 0 Å². The summed E-state index contributed by atoms with van der Waals surface area (Å²) in [6.45, 7) is 2.07. The van der Waals surface area contributed by atoms with Crippen molar-refractivity contribution in [2.24, 2.45) is 5.73 Å². The number of rotatable bonds is 2. The highest BCUT2D eigenvalue weighted by atomic mass is 15.2. The van der Waals surface area contributed by atoms with E-state index in [1.807, 2.05) is 19.0 Å². The maximum Gasteiger partial charge on any atom is 0.0563 e. The second-order valence-electron chi connectivity index (χ2n) is 1.94. The maximum absolute atomic E-state index is 5.54. The van der Waals surface area contributed by atoms with Gasteiger partial charge in [-0.1, -0.05) is 6.92 Å². The third-order valence-corrected chi connectivity index (χ3v) is 1.08. The molecule has 0 aliphatic heterocycles. The summed E-state index contributed by atoms with van der Waals surface area (Å²) in [7, 11) is 3.96. The molecule has 0 spiro atoms. The van der Waals surface area contributed by atoms with E-state index in [9.17, 15) is 0 Å². The van der Waals surface area contributed by atoms with Crippen molar-refractivity contribution in [2.45, 2.75) is 19.5 Å². The van der Waals surface area contributed by atoms with E-state index >= 15 is 0 Å². The Morgan fingerprint density at radius 2 is 2.00 bits per heavy atom. The molecule has 0 aromatic carbocycles. The third-order valence-electron chi connectivity index (χ3n) is 1.08. The average molecular weight is 102 g/mol. The second-order valence-corrected chi connectivity index (χ2v) is 1.94. The molecule has 0 amide bonds. The van der Waals surface area contributed by atoms with Crippen LogP contribution in [0.4, 0.5) is 0 Å². The topological polar surface area (TPSA) is 29.3 Å². The lowest BCUT2D eigenvalue weighted by molar-refractivity contribution is 0.293. The number of hydrogen-bond donors (Lipinski definition) is 1. The van der Waals surface area contributed by atoms with Crippen molar-refractivity contribution >= 4 is 0 Å². The van der Waals surface area contributed by atoms with Gasteiger partial charge in [-0.25, -0.2) is 0 Å². The predicted octanol–water partition coefficient (Wildman–Crippen LogP) is 0.243. The van der Waals surface area contributed by atoms with Gasteiger partial charge in [0.05, 0.1) is 6.17 Å². The molecule has 0 radical (unpaired) electrons. The summed E-state index contributed by atoms with van der Waals surface area (Å²) in [4.78, 5) is 2.00. The molecule has 0 rings (SSSR count). The molecule has 2 N–H and O–H groups in total. The van der Waals surface area contributed by atoms with Crippen molar-refractivity contribution in [1.82, 2.24) is 4.90 Å². The van der Waals surface area contributed by atoms with Gasteiger partial charge in [0, 0.05) is 0 Å². The highest BCUT2D eigenvalue weighted by molar-refractivity contribution is 4.51. The van der Waals surface area contributed by atoms with Gasteiger partial charge in [0.1, 0.15) is 0 Å². The van der Waals surface area contributed by atoms with Gasteiger partial charge in [-0.05, 0) is 20.5 Å². The summed E-state index contributed by atoms with van der Waals surface area (Å²) in [5.74, 6) is 0. The standard InChI is InChI=1S/C5H14N2/c1-4-5(6)7(2)3/h5H,4,6H2,1-3H3. The quantitative estimate of drug-likeness (QED) is 0.506. The first-order valence-corrected chi connectivity index (χ1v) is 2.60. The van der Waals surface area contributed by atoms with E-state index in [0.717, 1.165) is 6.42 Å². The zero-order chi connectivity index (χ0) is 5.86. The number of nitrogens with two attached hydrogens (primary N) is 1. The van der Waals surface area contributed by atoms with Crippen LogP contribution < -0.4 is 5.73 Å². The van der Waals surface area contributed by atoms with Gasteiger partial charge >= 0.3 is 0 Å². The maximum atomic E-state index is 5.54. The lowest BCUT2D eigenvalue weighted by Gasteiger charge is -2.16. The fourth-order valence-electron chi connectivity index (χ4n) is 0.365. The molecule has 0 heterocycles. The van der Waals surface area contributed by atoms with Gasteiger partial charge in [0.25, 0.3) is 0 Å². The molecular weight excluding hydrogens is 88.1 g/mol. The first kappa shape index (κ1) is 6.92. The molecule has 1 unspecified atom stereocenters. The van der Waals surface area contributed by atoms with Gasteiger partial charge in [-0.3, -0.25) is 4.90 Å². The van der Waals surface area contributed by atoms with Crippen LogP contribution in [0.15, 0.2) is 0 Å². The molecule has 0 fully saturated rings. The smallest absolute Gasteiger partial charge is 0.0563 e. The van der Waals surface area contributed by atoms with Gasteiger partial charge < -0.3 is 5.73 Å². The Hall–Kier alpha value is -0.0800. The molecule has 44 valence electrons. The largest absolute Gasteiger partial charge is 0.316 e. The normalized spacial score (nSPS) is 15.0. The first-order valence-electron chi connectivity index (χ1n) is 2.60. The average Bonchev–Trinajstić information content (AvgIpc) is 1.65. The predicted molar refractivity (Wildman–Crippen MR) is 32.0 cm³/mol. The summed E-state index contributed by atoms with van der Waals surface area (Å²) in [5, 5.41) is 0. The van der Waals surface area contributed by atoms with Crippen LogP contribution in [0, 0.1) is 0 Å². The van der Waals surface area contributed by atoms with Crippen LogP contribution in [-0.2, 0) is 0 Å². The first-order chi connectivity index (χ1) is 3.18. The van der Waals surface area contributed by atoms with Crippen LogP contribution in [0.3, 0.4) is 0 Å². The lowest BCUT2D eigenvalue weighted by Crippen LogP contribution is -2.35. The molecule has 1 atom stereocenters. The Morgan fingerprint density at radius 1 is 1.57 bits per heavy atom. The molecule has 0 aliphatic rings. The van der Waals surface area contributed by atoms with Crippen LogP contribution in [0.1, 0.15) is 13.3 Å². The second kappa shape index (κ2) is 2.99. The minimum absolute atomic E-state index is 0.236. The molecule has 7 heavy (non-hydrogen) atoms. The van der Waals surface area contributed by atoms with E-state index in [1.54, 1.807) is 0 Å². The molecule has 2 nitrogen and oxygen atoms in total. The Balaban J connectivity index is 3.14. The van der Waals surface area contributed by atoms with Crippen LogP contribution in [-0.4, -0.2) is 25.2 Å². The summed E-state index contributed by atoms with van der Waals surface area (Å²) >= 11 is 0. The fourth-order valence-corrected chi connectivity index (χ4v) is 0.365. The van der Waals surface area contributed by atoms with Crippen LogP contribution in [0.2, 0.25) is 0 Å². The number of nitrogens with zero attached hydrogens (tertiary/aromatic N) is 1. The van der Waals surface area contributed by atoms with Gasteiger partial charge in [-0.2, -0.15) is 0 Å². The van der Waals surface area contributed by atoms with Gasteiger partial charge in [0.2, 0.25) is 0 Å². The van der Waals surface area contributed by atoms with E-state index < -0.39 is 0 Å². The van der Waals surface area contributed by atoms with Crippen LogP contribution in [0.25, 0.3) is 0 Å². The Labute approximate surface area is 45.3 Å². The minimum Gasteiger partial charge on any atom is -0.316 e. The Kier molecular flexibility index (Phi) is 2.96. The van der Waals surface area contributed by atoms with Gasteiger partial charge in [-0.15, -0.1) is 0 Å². The highest BCUT2D eigenvalue weighted by Gasteiger charge is 1.97. The summed E-state index contributed by atoms with van der Waals surface area (Å²) in [6, 6.07) is 0. The number of hydrogen-bond acceptors (Lipinski definition) is 2. The van der Waals surface area contributed by atoms with Crippen molar-refractivity contribution in [3.63, 3.8) is 0 Å². The van der Waals surface area contributed by atoms with Crippen molar-refractivity contribution < 1.29 is 0 Å². The summed E-state index contributed by atoms with van der Waals surface area (Å²) < 4.78 is 0. The van der Waals surface area contributed by atoms with Crippen LogP contribution in [0.5, 0.6) is 0 Å². The fraction of sp³-hybridized carbons (Fsp3) is 1.00. The van der Waals surface area contributed by atoms with E-state index in [0.29, 0.717) is 0 Å². The molecule has 0 aromatic rings. The zero-order valence-corrected chi connectivity index (χ0v) is 5.31. The molecule has 0 bridgehead atoms. The van der Waals surface area contributed by atoms with Crippen molar-refractivity contribution in [3.8, 4) is 0 Å². The van der Waals surface area contributed by atoms with E-state index in [1.165, 1.54) is 0 Å². The monoisotopic (exact) mass is 102 g/mol. The molecule has 2 heteroatoms. The van der Waals surface area contributed by atoms with Crippen molar-refractivity contribution in [1.29, 1.82) is 0 Å². The molecule has 0 aromatic heterocycles. The van der Waals surface area contributed by atoms with Crippen molar-refractivity contribution in [2.75, 3.05) is 14.1 Å². The molecule has 0 aliphatic carbocycles. The molecule has 0 saturated heterocycles. The zero-order valence-electron chi connectivity index (χ0n) is 5.31. The lowest BCUT2D eigenvalue weighted by atomic mass is 10.4. The van der Waals surface area contributed by atoms with E-state index in [-0.39, 0.29) is 6.17 Å². The SMILES string of the molecule is CCC(N)N(C)C. The van der Waals surface area contributed by atoms with Crippen molar-refractivity contribution in [3.05, 3.63) is 0 Å². The van der Waals surface area contributed by atoms with E-state index in [4.69, 9.17) is 5.73 Å². The molecular formula is C5H14N2. The Morgan fingerprint density at radius 3 is 2.00 bits per heavy atom. The Bertz CT molecular complexity index is 43.3. The summed E-state index contributed by atoms with van der Waals surface area (Å²) in [5.41, 5.74) is 5.54. The minimum atomic E-state index is 0.236. The molecule has 0 saturated carbocycles. The summed E-state index contributed by atoms with van der Waals surface area (Å²) in [6.07, 6.45) is 1.26. The highest BCUT2D eigenvalue weighted by Crippen LogP contribution is 1.86. The van der Waals surface area contributed by atoms with E-state index in [2.05, 4.69) is 6.92 Å². The third kappa shape index (κ3) is 2.60. The van der Waals surface area contributed by atoms with Crippen LogP contribution >= 0.6 is 0 Å².